The van der Waals surface area contributed by atoms with Crippen LogP contribution in [0.15, 0.2) is 211 Å². The average molecular weight is 791 g/mol. The molecule has 0 radical (unpaired) electrons. The predicted molar refractivity (Wildman–Crippen MR) is 256 cm³/mol. The number of furan rings is 1. The lowest BCUT2D eigenvalue weighted by molar-refractivity contribution is 0.666. The minimum Gasteiger partial charge on any atom is -0.454 e. The zero-order valence-corrected chi connectivity index (χ0v) is 33.3. The molecule has 0 aliphatic rings. The molecule has 3 heterocycles. The Kier molecular flexibility index (Phi) is 7.54. The van der Waals surface area contributed by atoms with Gasteiger partial charge in [-0.15, -0.1) is 0 Å². The maximum Gasteiger partial charge on any atom is 0.164 e. The fourth-order valence-corrected chi connectivity index (χ4v) is 9.54. The lowest BCUT2D eigenvalue weighted by Crippen LogP contribution is -2.02. The summed E-state index contributed by atoms with van der Waals surface area (Å²) < 4.78 is 9.38. The van der Waals surface area contributed by atoms with E-state index in [1.807, 2.05) is 18.2 Å². The largest absolute Gasteiger partial charge is 0.454 e. The van der Waals surface area contributed by atoms with E-state index < -0.39 is 0 Å². The van der Waals surface area contributed by atoms with E-state index in [4.69, 9.17) is 19.4 Å². The van der Waals surface area contributed by atoms with Crippen LogP contribution in [0.2, 0.25) is 0 Å². The van der Waals surface area contributed by atoms with Crippen LogP contribution in [0.4, 0.5) is 0 Å². The molecule has 5 heteroatoms. The SMILES string of the molecule is c1ccc(-c2cccc(-c3nc(-c4cccc5ccccc45)nc(-c4ccc(-n5c6cc7ccccc7cc6c6c7ccccc7ccc65)c5oc6ccccc6c45)n3)c2)cc1. The Balaban J connectivity index is 1.11. The molecule has 13 aromatic rings. The van der Waals surface area contributed by atoms with Crippen molar-refractivity contribution in [3.8, 4) is 51.0 Å². The van der Waals surface area contributed by atoms with Crippen molar-refractivity contribution in [1.82, 2.24) is 19.5 Å². The highest BCUT2D eigenvalue weighted by Gasteiger charge is 2.24. The minimum atomic E-state index is 0.574. The summed E-state index contributed by atoms with van der Waals surface area (Å²) in [6.45, 7) is 0. The second-order valence-corrected chi connectivity index (χ2v) is 15.9. The van der Waals surface area contributed by atoms with E-state index in [9.17, 15) is 0 Å². The molecule has 288 valence electrons. The van der Waals surface area contributed by atoms with Crippen LogP contribution in [0.5, 0.6) is 0 Å². The molecule has 0 bridgehead atoms. The predicted octanol–water partition coefficient (Wildman–Crippen LogP) is 15.0. The van der Waals surface area contributed by atoms with Gasteiger partial charge in [-0.05, 0) is 85.9 Å². The summed E-state index contributed by atoms with van der Waals surface area (Å²) in [4.78, 5) is 15.9. The fourth-order valence-electron chi connectivity index (χ4n) is 9.54. The van der Waals surface area contributed by atoms with E-state index in [-0.39, 0.29) is 0 Å². The summed E-state index contributed by atoms with van der Waals surface area (Å²) in [5.74, 6) is 1.78. The van der Waals surface area contributed by atoms with Gasteiger partial charge in [0.1, 0.15) is 5.58 Å². The second kappa shape index (κ2) is 13.6. The Morgan fingerprint density at radius 2 is 0.952 bits per heavy atom. The van der Waals surface area contributed by atoms with Gasteiger partial charge in [0.05, 0.1) is 16.7 Å². The first-order chi connectivity index (χ1) is 30.7. The number of fused-ring (bicyclic) bond motifs is 10. The van der Waals surface area contributed by atoms with E-state index >= 15 is 0 Å². The van der Waals surface area contributed by atoms with Gasteiger partial charge in [0.2, 0.25) is 0 Å². The number of nitrogens with zero attached hydrogens (tertiary/aromatic N) is 4. The molecule has 13 rings (SSSR count). The van der Waals surface area contributed by atoms with Crippen molar-refractivity contribution >= 4 is 76.1 Å². The van der Waals surface area contributed by atoms with E-state index in [0.29, 0.717) is 17.5 Å². The first-order valence-corrected chi connectivity index (χ1v) is 20.9. The van der Waals surface area contributed by atoms with Gasteiger partial charge in [0.15, 0.2) is 23.1 Å². The summed E-state index contributed by atoms with van der Waals surface area (Å²) in [6, 6.07) is 72.7. The van der Waals surface area contributed by atoms with Gasteiger partial charge in [-0.1, -0.05) is 164 Å². The number of hydrogen-bond acceptors (Lipinski definition) is 4. The van der Waals surface area contributed by atoms with E-state index in [1.165, 1.54) is 32.3 Å². The fraction of sp³-hybridized carbons (Fsp3) is 0. The maximum atomic E-state index is 7.00. The molecule has 0 atom stereocenters. The highest BCUT2D eigenvalue weighted by Crippen LogP contribution is 2.44. The summed E-state index contributed by atoms with van der Waals surface area (Å²) in [7, 11) is 0. The topological polar surface area (TPSA) is 56.7 Å². The molecule has 0 fully saturated rings. The van der Waals surface area contributed by atoms with Crippen LogP contribution in [0.25, 0.3) is 127 Å². The number of aromatic nitrogens is 4. The van der Waals surface area contributed by atoms with Crippen molar-refractivity contribution in [3.05, 3.63) is 206 Å². The molecule has 0 unspecified atom stereocenters. The van der Waals surface area contributed by atoms with Crippen LogP contribution >= 0.6 is 0 Å². The van der Waals surface area contributed by atoms with E-state index in [0.717, 1.165) is 77.2 Å². The minimum absolute atomic E-state index is 0.574. The van der Waals surface area contributed by atoms with Crippen molar-refractivity contribution in [2.75, 3.05) is 0 Å². The van der Waals surface area contributed by atoms with Crippen molar-refractivity contribution in [2.45, 2.75) is 0 Å². The monoisotopic (exact) mass is 790 g/mol. The summed E-state index contributed by atoms with van der Waals surface area (Å²) >= 11 is 0. The number of hydrogen-bond donors (Lipinski definition) is 0. The van der Waals surface area contributed by atoms with Crippen LogP contribution < -0.4 is 0 Å². The van der Waals surface area contributed by atoms with Gasteiger partial charge < -0.3 is 8.98 Å². The molecular formula is C57H34N4O. The zero-order chi connectivity index (χ0) is 40.7. The Labute approximate surface area is 355 Å². The van der Waals surface area contributed by atoms with Gasteiger partial charge in [0.25, 0.3) is 0 Å². The van der Waals surface area contributed by atoms with Gasteiger partial charge in [-0.25, -0.2) is 15.0 Å². The van der Waals surface area contributed by atoms with E-state index in [2.05, 4.69) is 193 Å². The van der Waals surface area contributed by atoms with Gasteiger partial charge >= 0.3 is 0 Å². The van der Waals surface area contributed by atoms with Crippen LogP contribution in [-0.2, 0) is 0 Å². The second-order valence-electron chi connectivity index (χ2n) is 15.9. The molecule has 3 aromatic heterocycles. The summed E-state index contributed by atoms with van der Waals surface area (Å²) in [5.41, 5.74) is 9.69. The lowest BCUT2D eigenvalue weighted by atomic mass is 10.0. The lowest BCUT2D eigenvalue weighted by Gasteiger charge is -2.13. The van der Waals surface area contributed by atoms with Crippen LogP contribution in [0.3, 0.4) is 0 Å². The third-order valence-corrected chi connectivity index (χ3v) is 12.4. The first-order valence-electron chi connectivity index (χ1n) is 20.9. The smallest absolute Gasteiger partial charge is 0.164 e. The molecule has 10 aromatic carbocycles. The molecule has 0 amide bonds. The molecule has 0 aliphatic carbocycles. The Hall–Kier alpha value is -8.41. The zero-order valence-electron chi connectivity index (χ0n) is 33.3. The average Bonchev–Trinajstić information content (AvgIpc) is 3.89. The molecule has 0 spiro atoms. The number of para-hydroxylation sites is 1. The molecular weight excluding hydrogens is 757 g/mol. The molecule has 0 N–H and O–H groups in total. The molecule has 0 aliphatic heterocycles. The Bertz CT molecular complexity index is 3930. The molecule has 0 saturated heterocycles. The molecule has 62 heavy (non-hydrogen) atoms. The van der Waals surface area contributed by atoms with Crippen molar-refractivity contribution in [2.24, 2.45) is 0 Å². The summed E-state index contributed by atoms with van der Waals surface area (Å²) in [5, 5.41) is 11.4. The van der Waals surface area contributed by atoms with Gasteiger partial charge in [0, 0.05) is 38.2 Å². The maximum absolute atomic E-state index is 7.00. The highest BCUT2D eigenvalue weighted by atomic mass is 16.3. The van der Waals surface area contributed by atoms with Gasteiger partial charge in [-0.2, -0.15) is 0 Å². The van der Waals surface area contributed by atoms with Crippen LogP contribution in [0, 0.1) is 0 Å². The quantitative estimate of drug-likeness (QED) is 0.174. The van der Waals surface area contributed by atoms with Crippen molar-refractivity contribution in [3.63, 3.8) is 0 Å². The van der Waals surface area contributed by atoms with Crippen molar-refractivity contribution in [1.29, 1.82) is 0 Å². The first kappa shape index (κ1) is 34.5. The highest BCUT2D eigenvalue weighted by molar-refractivity contribution is 6.24. The number of rotatable bonds is 5. The van der Waals surface area contributed by atoms with Gasteiger partial charge in [-0.3, -0.25) is 0 Å². The van der Waals surface area contributed by atoms with Crippen molar-refractivity contribution < 1.29 is 4.42 Å². The third kappa shape index (κ3) is 5.32. The standard InChI is InChI=1S/C57H34N4O/c1-2-14-35(15-3-1)38-21-12-22-41(32-38)55-58-56(44-26-13-20-36-16-6-8-23-42(36)44)60-57(59-55)46-29-31-49(54-53(46)45-25-10-11-27-51(45)62-54)61-48-30-28-37-17-7-9-24-43(37)52(48)47-33-39-18-4-5-19-40(39)34-50(47)61/h1-34H. The van der Waals surface area contributed by atoms with Crippen LogP contribution in [-0.4, -0.2) is 19.5 Å². The molecule has 0 saturated carbocycles. The normalized spacial score (nSPS) is 11.9. The van der Waals surface area contributed by atoms with Crippen LogP contribution in [0.1, 0.15) is 0 Å². The number of benzene rings is 10. The third-order valence-electron chi connectivity index (χ3n) is 12.4. The Morgan fingerprint density at radius 3 is 1.79 bits per heavy atom. The van der Waals surface area contributed by atoms with E-state index in [1.54, 1.807) is 0 Å². The Morgan fingerprint density at radius 1 is 0.339 bits per heavy atom. The summed E-state index contributed by atoms with van der Waals surface area (Å²) in [6.07, 6.45) is 0. The molecule has 5 nitrogen and oxygen atoms in total.